The van der Waals surface area contributed by atoms with Crippen molar-refractivity contribution in [1.29, 1.82) is 0 Å². The van der Waals surface area contributed by atoms with Gasteiger partial charge in [-0.2, -0.15) is 0 Å². The second kappa shape index (κ2) is 6.79. The van der Waals surface area contributed by atoms with E-state index in [0.717, 1.165) is 36.0 Å². The minimum absolute atomic E-state index is 0.108. The summed E-state index contributed by atoms with van der Waals surface area (Å²) >= 11 is 0. The number of carbonyl (C=O) groups excluding carboxylic acids is 1. The van der Waals surface area contributed by atoms with E-state index in [-0.39, 0.29) is 12.0 Å². The summed E-state index contributed by atoms with van der Waals surface area (Å²) in [7, 11) is 0. The van der Waals surface area contributed by atoms with Crippen molar-refractivity contribution in [2.75, 3.05) is 13.2 Å². The summed E-state index contributed by atoms with van der Waals surface area (Å²) in [5.74, 6) is 0.626. The lowest BCUT2D eigenvalue weighted by atomic mass is 10.1. The van der Waals surface area contributed by atoms with E-state index in [4.69, 9.17) is 9.47 Å². The van der Waals surface area contributed by atoms with Crippen LogP contribution in [0.15, 0.2) is 42.5 Å². The second-order valence-corrected chi connectivity index (χ2v) is 5.62. The molecular formula is C18H21NO3. The molecule has 0 aromatic heterocycles. The van der Waals surface area contributed by atoms with Crippen molar-refractivity contribution < 1.29 is 14.3 Å². The van der Waals surface area contributed by atoms with Crippen molar-refractivity contribution in [3.63, 3.8) is 0 Å². The van der Waals surface area contributed by atoms with Crippen LogP contribution in [-0.2, 0) is 9.53 Å². The van der Waals surface area contributed by atoms with E-state index in [2.05, 4.69) is 5.32 Å². The quantitative estimate of drug-likeness (QED) is 0.923. The van der Waals surface area contributed by atoms with Gasteiger partial charge in [0, 0.05) is 18.5 Å². The fourth-order valence-corrected chi connectivity index (χ4v) is 2.71. The molecule has 2 aromatic carbocycles. The molecule has 0 radical (unpaired) electrons. The van der Waals surface area contributed by atoms with Gasteiger partial charge in [-0.3, -0.25) is 4.79 Å². The third-order valence-electron chi connectivity index (χ3n) is 3.95. The van der Waals surface area contributed by atoms with Crippen molar-refractivity contribution in [3.05, 3.63) is 42.5 Å². The van der Waals surface area contributed by atoms with Crippen LogP contribution in [0.5, 0.6) is 5.75 Å². The number of hydrogen-bond donors (Lipinski definition) is 1. The van der Waals surface area contributed by atoms with Crippen LogP contribution in [0.3, 0.4) is 0 Å². The first-order chi connectivity index (χ1) is 10.7. The van der Waals surface area contributed by atoms with Gasteiger partial charge in [0.1, 0.15) is 5.75 Å². The molecule has 116 valence electrons. The molecule has 2 aromatic rings. The molecule has 0 saturated carbocycles. The molecule has 0 spiro atoms. The molecule has 1 fully saturated rings. The van der Waals surface area contributed by atoms with Crippen LogP contribution in [0.2, 0.25) is 0 Å². The zero-order chi connectivity index (χ0) is 15.4. The molecule has 1 heterocycles. The number of hydrogen-bond acceptors (Lipinski definition) is 3. The van der Waals surface area contributed by atoms with Crippen LogP contribution in [0.1, 0.15) is 19.8 Å². The standard InChI is InChI=1S/C18H21NO3/c1-13(18(20)19-12-15-8-5-11-21-15)22-17-10-4-7-14-6-2-3-9-16(14)17/h2-4,6-7,9-10,13,15H,5,8,11-12H2,1H3,(H,19,20)/t13-,15+/m0/s1. The maximum absolute atomic E-state index is 12.1. The van der Waals surface area contributed by atoms with E-state index in [9.17, 15) is 4.79 Å². The number of amides is 1. The second-order valence-electron chi connectivity index (χ2n) is 5.62. The van der Waals surface area contributed by atoms with Crippen molar-refractivity contribution >= 4 is 16.7 Å². The Morgan fingerprint density at radius 2 is 2.14 bits per heavy atom. The van der Waals surface area contributed by atoms with Gasteiger partial charge in [-0.15, -0.1) is 0 Å². The molecule has 0 unspecified atom stereocenters. The predicted molar refractivity (Wildman–Crippen MR) is 86.0 cm³/mol. The van der Waals surface area contributed by atoms with Gasteiger partial charge in [-0.25, -0.2) is 0 Å². The zero-order valence-electron chi connectivity index (χ0n) is 12.7. The van der Waals surface area contributed by atoms with E-state index in [1.165, 1.54) is 0 Å². The highest BCUT2D eigenvalue weighted by Gasteiger charge is 2.20. The smallest absolute Gasteiger partial charge is 0.260 e. The van der Waals surface area contributed by atoms with E-state index >= 15 is 0 Å². The summed E-state index contributed by atoms with van der Waals surface area (Å²) in [6, 6.07) is 13.9. The molecule has 1 aliphatic heterocycles. The molecule has 1 amide bonds. The van der Waals surface area contributed by atoms with Crippen molar-refractivity contribution in [1.82, 2.24) is 5.32 Å². The van der Waals surface area contributed by atoms with E-state index < -0.39 is 6.10 Å². The van der Waals surface area contributed by atoms with Crippen LogP contribution in [0.4, 0.5) is 0 Å². The minimum atomic E-state index is -0.535. The normalized spacial score (nSPS) is 19.0. The van der Waals surface area contributed by atoms with Crippen molar-refractivity contribution in [2.24, 2.45) is 0 Å². The van der Waals surface area contributed by atoms with Crippen LogP contribution in [0, 0.1) is 0 Å². The number of rotatable bonds is 5. The first kappa shape index (κ1) is 14.9. The summed E-state index contributed by atoms with van der Waals surface area (Å²) < 4.78 is 11.4. The first-order valence-corrected chi connectivity index (χ1v) is 7.78. The van der Waals surface area contributed by atoms with Gasteiger partial charge >= 0.3 is 0 Å². The maximum Gasteiger partial charge on any atom is 0.260 e. The van der Waals surface area contributed by atoms with Crippen LogP contribution >= 0.6 is 0 Å². The topological polar surface area (TPSA) is 47.6 Å². The number of benzene rings is 2. The molecule has 1 aliphatic rings. The molecule has 3 rings (SSSR count). The number of ether oxygens (including phenoxy) is 2. The molecule has 2 atom stereocenters. The van der Waals surface area contributed by atoms with Crippen molar-refractivity contribution in [2.45, 2.75) is 32.0 Å². The van der Waals surface area contributed by atoms with Gasteiger partial charge in [-0.05, 0) is 31.2 Å². The number of fused-ring (bicyclic) bond motifs is 1. The molecule has 0 aliphatic carbocycles. The molecule has 1 N–H and O–H groups in total. The maximum atomic E-state index is 12.1. The predicted octanol–water partition coefficient (Wildman–Crippen LogP) is 2.90. The Morgan fingerprint density at radius 3 is 2.95 bits per heavy atom. The Labute approximate surface area is 130 Å². The lowest BCUT2D eigenvalue weighted by molar-refractivity contribution is -0.127. The summed E-state index contributed by atoms with van der Waals surface area (Å²) in [5.41, 5.74) is 0. The Hall–Kier alpha value is -2.07. The van der Waals surface area contributed by atoms with Crippen LogP contribution in [-0.4, -0.2) is 31.3 Å². The van der Waals surface area contributed by atoms with Crippen molar-refractivity contribution in [3.8, 4) is 5.75 Å². The SMILES string of the molecule is C[C@H](Oc1cccc2ccccc12)C(=O)NC[C@H]1CCCO1. The average molecular weight is 299 g/mol. The van der Waals surface area contributed by atoms with Gasteiger partial charge in [0.05, 0.1) is 6.10 Å². The monoisotopic (exact) mass is 299 g/mol. The summed E-state index contributed by atoms with van der Waals surface area (Å²) in [6.07, 6.45) is 1.70. The minimum Gasteiger partial charge on any atom is -0.480 e. The third-order valence-corrected chi connectivity index (χ3v) is 3.95. The van der Waals surface area contributed by atoms with Gasteiger partial charge in [-0.1, -0.05) is 36.4 Å². The van der Waals surface area contributed by atoms with Crippen LogP contribution < -0.4 is 10.1 Å². The fourth-order valence-electron chi connectivity index (χ4n) is 2.71. The number of carbonyl (C=O) groups is 1. The Kier molecular flexibility index (Phi) is 4.59. The average Bonchev–Trinajstić information content (AvgIpc) is 3.06. The zero-order valence-corrected chi connectivity index (χ0v) is 12.7. The molecule has 4 heteroatoms. The fraction of sp³-hybridized carbons (Fsp3) is 0.389. The first-order valence-electron chi connectivity index (χ1n) is 7.78. The molecular weight excluding hydrogens is 278 g/mol. The Bertz CT molecular complexity index is 644. The van der Waals surface area contributed by atoms with E-state index in [1.807, 2.05) is 42.5 Å². The molecule has 0 bridgehead atoms. The Morgan fingerprint density at radius 1 is 1.32 bits per heavy atom. The van der Waals surface area contributed by atoms with E-state index in [0.29, 0.717) is 6.54 Å². The highest BCUT2D eigenvalue weighted by molar-refractivity contribution is 5.89. The third kappa shape index (κ3) is 3.39. The number of nitrogens with one attached hydrogen (secondary N) is 1. The highest BCUT2D eigenvalue weighted by Crippen LogP contribution is 2.26. The molecule has 4 nitrogen and oxygen atoms in total. The van der Waals surface area contributed by atoms with E-state index in [1.54, 1.807) is 6.92 Å². The summed E-state index contributed by atoms with van der Waals surface area (Å²) in [6.45, 7) is 3.12. The van der Waals surface area contributed by atoms with Crippen LogP contribution in [0.25, 0.3) is 10.8 Å². The van der Waals surface area contributed by atoms with Gasteiger partial charge in [0.25, 0.3) is 5.91 Å². The van der Waals surface area contributed by atoms with Gasteiger partial charge < -0.3 is 14.8 Å². The summed E-state index contributed by atoms with van der Waals surface area (Å²) in [4.78, 5) is 12.1. The molecule has 22 heavy (non-hydrogen) atoms. The largest absolute Gasteiger partial charge is 0.480 e. The van der Waals surface area contributed by atoms with Gasteiger partial charge in [0.2, 0.25) is 0 Å². The lowest BCUT2D eigenvalue weighted by Crippen LogP contribution is -2.40. The lowest BCUT2D eigenvalue weighted by Gasteiger charge is -2.17. The van der Waals surface area contributed by atoms with Gasteiger partial charge in [0.15, 0.2) is 6.10 Å². The highest BCUT2D eigenvalue weighted by atomic mass is 16.5. The Balaban J connectivity index is 1.62. The molecule has 1 saturated heterocycles. The summed E-state index contributed by atoms with van der Waals surface area (Å²) in [5, 5.41) is 5.02.